The summed E-state index contributed by atoms with van der Waals surface area (Å²) in [7, 11) is 0. The van der Waals surface area contributed by atoms with Crippen molar-refractivity contribution in [2.75, 3.05) is 0 Å². The van der Waals surface area contributed by atoms with Gasteiger partial charge in [-0.05, 0) is 5.87 Å². The maximum Gasteiger partial charge on any atom is 0.124 e. The molecular weight excluding hydrogens is 96.1 g/mol. The zero-order chi connectivity index (χ0) is 4.24. The van der Waals surface area contributed by atoms with Crippen LogP contribution in [0.4, 0.5) is 0 Å². The molecule has 6 heavy (non-hydrogen) atoms. The molecule has 0 fully saturated rings. The predicted molar refractivity (Wildman–Crippen MR) is 28.1 cm³/mol. The van der Waals surface area contributed by atoms with Crippen LogP contribution in [0, 0.1) is 0 Å². The quantitative estimate of drug-likeness (QED) is 0.412. The maximum atomic E-state index is 3.68. The highest BCUT2D eigenvalue weighted by Crippen LogP contribution is 2.00. The average molecular weight is 98.1 g/mol. The highest BCUT2D eigenvalue weighted by atomic mass is 32.2. The number of nitrogens with zero attached hydrogens (tertiary/aromatic N) is 2. The number of hydrogen-bond donors (Lipinski definition) is 0. The van der Waals surface area contributed by atoms with Crippen LogP contribution in [0.3, 0.4) is 0 Å². The second-order valence-electron chi connectivity index (χ2n) is 0.723. The van der Waals surface area contributed by atoms with Gasteiger partial charge in [0.1, 0.15) is 12.1 Å². The van der Waals surface area contributed by atoms with Gasteiger partial charge in [-0.2, -0.15) is 0 Å². The summed E-state index contributed by atoms with van der Waals surface area (Å²) >= 11 is 1.15. The molecule has 0 aromatic rings. The Kier molecular flexibility index (Phi) is 1.10. The van der Waals surface area contributed by atoms with Crippen molar-refractivity contribution in [1.82, 2.24) is 0 Å². The number of rotatable bonds is 0. The molecule has 2 nitrogen and oxygen atoms in total. The first-order valence-corrected chi connectivity index (χ1v) is 2.20. The zero-order valence-electron chi connectivity index (χ0n) is 2.96. The summed E-state index contributed by atoms with van der Waals surface area (Å²) in [6, 6.07) is 0. The Balaban J connectivity index is 2.78. The Labute approximate surface area is 40.0 Å². The average Bonchev–Trinajstić information content (AvgIpc) is 1.72. The topological polar surface area (TPSA) is 24.7 Å². The third-order valence-electron chi connectivity index (χ3n) is 0.351. The normalized spacial score (nSPS) is 16.0. The van der Waals surface area contributed by atoms with E-state index in [9.17, 15) is 0 Å². The molecule has 0 atom stereocenters. The lowest BCUT2D eigenvalue weighted by molar-refractivity contribution is 1.86. The molecule has 0 radical (unpaired) electrons. The van der Waals surface area contributed by atoms with E-state index in [1.54, 1.807) is 12.3 Å². The minimum atomic E-state index is 1.15. The first-order chi connectivity index (χ1) is 3.00. The molecule has 0 saturated heterocycles. The molecule has 1 aliphatic rings. The molecule has 0 amide bonds. The molecule has 0 unspecified atom stereocenters. The third-order valence-corrected chi connectivity index (χ3v) is 0.754. The van der Waals surface area contributed by atoms with E-state index in [-0.39, 0.29) is 0 Å². The molecule has 0 bridgehead atoms. The van der Waals surface area contributed by atoms with Crippen molar-refractivity contribution in [2.45, 2.75) is 0 Å². The summed E-state index contributed by atoms with van der Waals surface area (Å²) in [4.78, 5) is 0. The Bertz CT molecular complexity index is 121. The van der Waals surface area contributed by atoms with Crippen molar-refractivity contribution < 1.29 is 0 Å². The van der Waals surface area contributed by atoms with Crippen LogP contribution in [-0.2, 0) is 0 Å². The summed E-state index contributed by atoms with van der Waals surface area (Å²) < 4.78 is 7.27. The molecule has 1 aliphatic heterocycles. The summed E-state index contributed by atoms with van der Waals surface area (Å²) in [5.74, 6) is 2.60. The van der Waals surface area contributed by atoms with Gasteiger partial charge in [0.15, 0.2) is 0 Å². The maximum absolute atomic E-state index is 3.68. The van der Waals surface area contributed by atoms with Crippen molar-refractivity contribution in [3.8, 4) is 0 Å². The summed E-state index contributed by atoms with van der Waals surface area (Å²) in [6.07, 6.45) is 3.31. The van der Waals surface area contributed by atoms with Crippen LogP contribution in [0.5, 0.6) is 0 Å². The molecule has 3 heteroatoms. The van der Waals surface area contributed by atoms with Crippen molar-refractivity contribution in [3.63, 3.8) is 0 Å². The van der Waals surface area contributed by atoms with Crippen LogP contribution in [0.15, 0.2) is 14.9 Å². The van der Waals surface area contributed by atoms with Gasteiger partial charge in [-0.1, -0.05) is 0 Å². The Morgan fingerprint density at radius 1 is 1.67 bits per heavy atom. The van der Waals surface area contributed by atoms with Crippen molar-refractivity contribution in [1.29, 1.82) is 0 Å². The molecule has 0 spiro atoms. The summed E-state index contributed by atoms with van der Waals surface area (Å²) in [6.45, 7) is 0. The van der Waals surface area contributed by atoms with Gasteiger partial charge in [0.2, 0.25) is 0 Å². The van der Waals surface area contributed by atoms with Gasteiger partial charge in [-0.15, -0.1) is 4.40 Å². The number of allylic oxidation sites excluding steroid dienone is 1. The Morgan fingerprint density at radius 3 is 2.83 bits per heavy atom. The molecule has 1 heterocycles. The van der Waals surface area contributed by atoms with Crippen LogP contribution in [-0.4, -0.2) is 12.1 Å². The minimum absolute atomic E-state index is 1.15. The van der Waals surface area contributed by atoms with Crippen LogP contribution in [0.1, 0.15) is 0 Å². The highest BCUT2D eigenvalue weighted by molar-refractivity contribution is 7.97. The van der Waals surface area contributed by atoms with E-state index in [0.29, 0.717) is 0 Å². The van der Waals surface area contributed by atoms with Crippen molar-refractivity contribution in [3.05, 3.63) is 6.08 Å². The van der Waals surface area contributed by atoms with Gasteiger partial charge in [0.05, 0.1) is 0 Å². The van der Waals surface area contributed by atoms with Crippen LogP contribution >= 0.6 is 12.1 Å². The van der Waals surface area contributed by atoms with E-state index in [1.807, 2.05) is 0 Å². The molecule has 0 saturated carbocycles. The predicted octanol–water partition coefficient (Wildman–Crippen LogP) is 0.860. The van der Waals surface area contributed by atoms with Crippen molar-refractivity contribution in [2.24, 2.45) is 8.80 Å². The van der Waals surface area contributed by atoms with Gasteiger partial charge in [-0.3, -0.25) is 0 Å². The van der Waals surface area contributed by atoms with E-state index >= 15 is 0 Å². The van der Waals surface area contributed by atoms with Crippen molar-refractivity contribution >= 4 is 24.2 Å². The van der Waals surface area contributed by atoms with Gasteiger partial charge in [0.25, 0.3) is 0 Å². The third kappa shape index (κ3) is 0.708. The van der Waals surface area contributed by atoms with E-state index in [1.165, 1.54) is 0 Å². The largest absolute Gasteiger partial charge is 0.200 e. The lowest BCUT2D eigenvalue weighted by Gasteiger charge is -1.76. The minimum Gasteiger partial charge on any atom is -0.200 e. The second-order valence-corrected chi connectivity index (χ2v) is 1.28. The number of hydrogen-bond acceptors (Lipinski definition) is 3. The first kappa shape index (κ1) is 3.65. The van der Waals surface area contributed by atoms with Gasteiger partial charge >= 0.3 is 0 Å². The molecule has 0 aromatic carbocycles. The van der Waals surface area contributed by atoms with E-state index in [2.05, 4.69) is 14.7 Å². The van der Waals surface area contributed by atoms with Gasteiger partial charge < -0.3 is 0 Å². The monoisotopic (exact) mass is 98.0 g/mol. The standard InChI is InChI=1S/C3H2N2S/c1-2-4-6-5-3-1/h1-2H. The van der Waals surface area contributed by atoms with E-state index in [4.69, 9.17) is 0 Å². The molecule has 0 aromatic heterocycles. The molecular formula is C3H2N2S. The van der Waals surface area contributed by atoms with E-state index < -0.39 is 0 Å². The molecule has 30 valence electrons. The lowest BCUT2D eigenvalue weighted by atomic mass is 10.7. The zero-order valence-corrected chi connectivity index (χ0v) is 3.77. The SMILES string of the molecule is C1=CC=NSN=1. The summed E-state index contributed by atoms with van der Waals surface area (Å²) in [5.41, 5.74) is 0. The Hall–Kier alpha value is -0.530. The molecule has 0 N–H and O–H groups in total. The lowest BCUT2D eigenvalue weighted by Crippen LogP contribution is -1.64. The van der Waals surface area contributed by atoms with Crippen LogP contribution in [0.2, 0.25) is 0 Å². The van der Waals surface area contributed by atoms with Gasteiger partial charge in [-0.25, -0.2) is 4.40 Å². The fraction of sp³-hybridized carbons (Fsp3) is 0. The molecule has 0 aliphatic carbocycles. The molecule has 1 rings (SSSR count). The highest BCUT2D eigenvalue weighted by Gasteiger charge is 1.71. The van der Waals surface area contributed by atoms with Gasteiger partial charge in [0, 0.05) is 12.3 Å². The second kappa shape index (κ2) is 1.80. The summed E-state index contributed by atoms with van der Waals surface area (Å²) in [5, 5.41) is 0. The van der Waals surface area contributed by atoms with Crippen LogP contribution < -0.4 is 0 Å². The first-order valence-electron chi connectivity index (χ1n) is 1.47. The Morgan fingerprint density at radius 2 is 2.67 bits per heavy atom. The fourth-order valence-electron chi connectivity index (χ4n) is 0.169. The van der Waals surface area contributed by atoms with E-state index in [0.717, 1.165) is 12.1 Å². The smallest absolute Gasteiger partial charge is 0.124 e. The van der Waals surface area contributed by atoms with Crippen LogP contribution in [0.25, 0.3) is 0 Å². The fourth-order valence-corrected chi connectivity index (χ4v) is 0.439.